The van der Waals surface area contributed by atoms with Crippen molar-refractivity contribution in [1.29, 1.82) is 0 Å². The quantitative estimate of drug-likeness (QED) is 0.770. The van der Waals surface area contributed by atoms with Gasteiger partial charge in [-0.05, 0) is 19.5 Å². The Morgan fingerprint density at radius 2 is 2.29 bits per heavy atom. The fourth-order valence-corrected chi connectivity index (χ4v) is 1.61. The van der Waals surface area contributed by atoms with Crippen molar-refractivity contribution < 1.29 is 4.39 Å². The molecule has 0 atom stereocenters. The number of nitrogens with zero attached hydrogens (tertiary/aromatic N) is 2. The number of pyridine rings is 1. The molecule has 0 unspecified atom stereocenters. The van der Waals surface area contributed by atoms with Crippen molar-refractivity contribution in [2.24, 2.45) is 0 Å². The lowest BCUT2D eigenvalue weighted by atomic mass is 10.2. The molecule has 1 N–H and O–H groups in total. The zero-order valence-electron chi connectivity index (χ0n) is 10.8. The average Bonchev–Trinajstić information content (AvgIpc) is 2.26. The molecule has 0 aliphatic heterocycles. The molecule has 0 radical (unpaired) electrons. The Morgan fingerprint density at radius 1 is 1.59 bits per heavy atom. The lowest BCUT2D eigenvalue weighted by molar-refractivity contribution is 0.585. The van der Waals surface area contributed by atoms with Crippen molar-refractivity contribution in [2.45, 2.75) is 20.4 Å². The lowest BCUT2D eigenvalue weighted by Crippen LogP contribution is -2.23. The smallest absolute Gasteiger partial charge is 0.170 e. The number of halogens is 1. The third-order valence-corrected chi connectivity index (χ3v) is 2.38. The van der Waals surface area contributed by atoms with Crippen LogP contribution in [0.4, 0.5) is 10.2 Å². The molecule has 0 aliphatic carbocycles. The summed E-state index contributed by atoms with van der Waals surface area (Å²) in [7, 11) is 1.82. The fourth-order valence-electron chi connectivity index (χ4n) is 1.61. The van der Waals surface area contributed by atoms with Gasteiger partial charge >= 0.3 is 0 Å². The van der Waals surface area contributed by atoms with Crippen LogP contribution in [0.25, 0.3) is 0 Å². The first-order valence-corrected chi connectivity index (χ1v) is 5.75. The van der Waals surface area contributed by atoms with Crippen molar-refractivity contribution in [3.05, 3.63) is 35.8 Å². The Bertz CT molecular complexity index is 390. The summed E-state index contributed by atoms with van der Waals surface area (Å²) in [6.45, 7) is 9.68. The van der Waals surface area contributed by atoms with E-state index in [9.17, 15) is 4.39 Å². The highest BCUT2D eigenvalue weighted by Crippen LogP contribution is 2.18. The van der Waals surface area contributed by atoms with Crippen LogP contribution in [0.3, 0.4) is 0 Å². The fraction of sp³-hybridized carbons (Fsp3) is 0.462. The minimum atomic E-state index is -0.253. The second kappa shape index (κ2) is 6.35. The first kappa shape index (κ1) is 13.6. The molecule has 94 valence electrons. The molecule has 0 amide bonds. The molecule has 0 aromatic carbocycles. The summed E-state index contributed by atoms with van der Waals surface area (Å²) < 4.78 is 14.1. The van der Waals surface area contributed by atoms with Crippen molar-refractivity contribution in [1.82, 2.24) is 10.3 Å². The van der Waals surface area contributed by atoms with Crippen LogP contribution in [-0.2, 0) is 6.54 Å². The van der Waals surface area contributed by atoms with Gasteiger partial charge in [-0.25, -0.2) is 9.37 Å². The highest BCUT2D eigenvalue weighted by Gasteiger charge is 2.12. The number of rotatable bonds is 6. The van der Waals surface area contributed by atoms with Gasteiger partial charge in [-0.1, -0.05) is 19.1 Å². The van der Waals surface area contributed by atoms with E-state index in [1.54, 1.807) is 17.2 Å². The third-order valence-electron chi connectivity index (χ3n) is 2.38. The maximum atomic E-state index is 14.1. The van der Waals surface area contributed by atoms with Crippen LogP contribution in [-0.4, -0.2) is 25.1 Å². The van der Waals surface area contributed by atoms with E-state index in [2.05, 4.69) is 16.9 Å². The van der Waals surface area contributed by atoms with Gasteiger partial charge in [-0.15, -0.1) is 0 Å². The molecule has 0 fully saturated rings. The summed E-state index contributed by atoms with van der Waals surface area (Å²) >= 11 is 0. The van der Waals surface area contributed by atoms with E-state index in [4.69, 9.17) is 0 Å². The molecule has 1 aromatic heterocycles. The monoisotopic (exact) mass is 237 g/mol. The van der Waals surface area contributed by atoms with E-state index >= 15 is 0 Å². The molecule has 0 saturated heterocycles. The predicted octanol–water partition coefficient (Wildman–Crippen LogP) is 2.34. The Kier molecular flexibility index (Phi) is 5.10. The predicted molar refractivity (Wildman–Crippen MR) is 69.7 cm³/mol. The topological polar surface area (TPSA) is 28.2 Å². The molecular formula is C13H20FN3. The first-order valence-electron chi connectivity index (χ1n) is 5.75. The molecule has 0 spiro atoms. The molecule has 17 heavy (non-hydrogen) atoms. The van der Waals surface area contributed by atoms with Crippen LogP contribution >= 0.6 is 0 Å². The summed E-state index contributed by atoms with van der Waals surface area (Å²) in [4.78, 5) is 5.85. The Balaban J connectivity index is 2.89. The summed E-state index contributed by atoms with van der Waals surface area (Å²) in [6.07, 6.45) is 1.64. The summed E-state index contributed by atoms with van der Waals surface area (Å²) in [6, 6.07) is 1.70. The van der Waals surface area contributed by atoms with Gasteiger partial charge in [0, 0.05) is 31.9 Å². The summed E-state index contributed by atoms with van der Waals surface area (Å²) in [5.74, 6) is 0.126. The normalized spacial score (nSPS) is 10.4. The largest absolute Gasteiger partial charge is 0.353 e. The van der Waals surface area contributed by atoms with Crippen molar-refractivity contribution in [3.63, 3.8) is 0 Å². The van der Waals surface area contributed by atoms with Gasteiger partial charge in [0.1, 0.15) is 0 Å². The maximum absolute atomic E-state index is 14.1. The summed E-state index contributed by atoms with van der Waals surface area (Å²) in [5.41, 5.74) is 1.62. The van der Waals surface area contributed by atoms with Crippen LogP contribution in [0, 0.1) is 5.82 Å². The molecule has 4 heteroatoms. The van der Waals surface area contributed by atoms with E-state index < -0.39 is 0 Å². The van der Waals surface area contributed by atoms with Gasteiger partial charge in [0.25, 0.3) is 0 Å². The standard InChI is InChI=1S/C13H20FN3/c1-5-15-8-11-6-7-16-13(12(11)14)17(4)9-10(2)3/h6-7,15H,2,5,8-9H2,1,3-4H3. The average molecular weight is 237 g/mol. The third kappa shape index (κ3) is 3.82. The molecule has 1 rings (SSSR count). The number of hydrogen-bond donors (Lipinski definition) is 1. The first-order chi connectivity index (χ1) is 8.06. The zero-order chi connectivity index (χ0) is 12.8. The highest BCUT2D eigenvalue weighted by atomic mass is 19.1. The molecule has 3 nitrogen and oxygen atoms in total. The molecule has 0 bridgehead atoms. The number of anilines is 1. The molecular weight excluding hydrogens is 217 g/mol. The highest BCUT2D eigenvalue weighted by molar-refractivity contribution is 5.43. The van der Waals surface area contributed by atoms with Crippen molar-refractivity contribution in [2.75, 3.05) is 25.0 Å². The zero-order valence-corrected chi connectivity index (χ0v) is 10.8. The maximum Gasteiger partial charge on any atom is 0.170 e. The molecule has 0 aliphatic rings. The van der Waals surface area contributed by atoms with Crippen molar-refractivity contribution >= 4 is 5.82 Å². The number of nitrogens with one attached hydrogen (secondary N) is 1. The van der Waals surface area contributed by atoms with E-state index in [1.165, 1.54) is 0 Å². The van der Waals surface area contributed by atoms with Gasteiger partial charge in [-0.3, -0.25) is 0 Å². The second-order valence-corrected chi connectivity index (χ2v) is 4.20. The van der Waals surface area contributed by atoms with E-state index in [0.717, 1.165) is 12.1 Å². The minimum Gasteiger partial charge on any atom is -0.353 e. The van der Waals surface area contributed by atoms with Gasteiger partial charge in [0.2, 0.25) is 0 Å². The Hall–Kier alpha value is -1.42. The number of hydrogen-bond acceptors (Lipinski definition) is 3. The SMILES string of the molecule is C=C(C)CN(C)c1nccc(CNCC)c1F. The minimum absolute atomic E-state index is 0.253. The number of aromatic nitrogens is 1. The lowest BCUT2D eigenvalue weighted by Gasteiger charge is -2.19. The summed E-state index contributed by atoms with van der Waals surface area (Å²) in [5, 5.41) is 3.11. The molecule has 1 aromatic rings. The van der Waals surface area contributed by atoms with Gasteiger partial charge < -0.3 is 10.2 Å². The molecule has 1 heterocycles. The van der Waals surface area contributed by atoms with Crippen molar-refractivity contribution in [3.8, 4) is 0 Å². The second-order valence-electron chi connectivity index (χ2n) is 4.20. The van der Waals surface area contributed by atoms with Crippen LogP contribution in [0.2, 0.25) is 0 Å². The van der Waals surface area contributed by atoms with Gasteiger partial charge in [0.05, 0.1) is 0 Å². The van der Waals surface area contributed by atoms with Crippen LogP contribution < -0.4 is 10.2 Å². The van der Waals surface area contributed by atoms with E-state index in [0.29, 0.717) is 24.5 Å². The van der Waals surface area contributed by atoms with E-state index in [1.807, 2.05) is 20.9 Å². The van der Waals surface area contributed by atoms with Crippen LogP contribution in [0.15, 0.2) is 24.4 Å². The van der Waals surface area contributed by atoms with E-state index in [-0.39, 0.29) is 5.82 Å². The van der Waals surface area contributed by atoms with Gasteiger partial charge in [-0.2, -0.15) is 0 Å². The number of likely N-dealkylation sites (N-methyl/N-ethyl adjacent to an activating group) is 1. The van der Waals surface area contributed by atoms with Gasteiger partial charge in [0.15, 0.2) is 11.6 Å². The Morgan fingerprint density at radius 3 is 2.88 bits per heavy atom. The van der Waals surface area contributed by atoms with Crippen LogP contribution in [0.1, 0.15) is 19.4 Å². The van der Waals surface area contributed by atoms with Crippen LogP contribution in [0.5, 0.6) is 0 Å². The molecule has 0 saturated carbocycles. The Labute approximate surface area is 102 Å².